The molecule has 0 fully saturated rings. The SMILES string of the molecule is CCOC(=O)C1=C(C)N=c2s/c(=C\c3cc(Cl)c(OCc4ccc(Cl)cc4)c(OC)c3)c(=O)n2[C@@H]1c1cc(OC)c(OC)c(OC)c1. The summed E-state index contributed by atoms with van der Waals surface area (Å²) in [5, 5.41) is 0.925. The predicted molar refractivity (Wildman–Crippen MR) is 180 cm³/mol. The lowest BCUT2D eigenvalue weighted by atomic mass is 9.95. The van der Waals surface area contributed by atoms with E-state index in [9.17, 15) is 9.59 Å². The van der Waals surface area contributed by atoms with Crippen molar-refractivity contribution in [1.82, 2.24) is 4.57 Å². The van der Waals surface area contributed by atoms with E-state index in [1.165, 1.54) is 44.3 Å². The van der Waals surface area contributed by atoms with Crippen molar-refractivity contribution in [2.75, 3.05) is 35.0 Å². The molecule has 13 heteroatoms. The van der Waals surface area contributed by atoms with Crippen LogP contribution in [0.15, 0.2) is 69.6 Å². The Labute approximate surface area is 285 Å². The van der Waals surface area contributed by atoms with Gasteiger partial charge in [-0.3, -0.25) is 9.36 Å². The third-order valence-corrected chi connectivity index (χ3v) is 8.88. The molecule has 1 aliphatic rings. The van der Waals surface area contributed by atoms with Crippen molar-refractivity contribution in [1.29, 1.82) is 0 Å². The lowest BCUT2D eigenvalue weighted by Gasteiger charge is -2.26. The number of hydrogen-bond donors (Lipinski definition) is 0. The average molecular weight is 700 g/mol. The number of thiazole rings is 1. The van der Waals surface area contributed by atoms with Crippen LogP contribution in [0.25, 0.3) is 6.08 Å². The van der Waals surface area contributed by atoms with Crippen molar-refractivity contribution in [3.05, 3.63) is 106 Å². The number of nitrogens with zero attached hydrogens (tertiary/aromatic N) is 2. The second-order valence-electron chi connectivity index (χ2n) is 10.2. The summed E-state index contributed by atoms with van der Waals surface area (Å²) in [6.07, 6.45) is 1.69. The van der Waals surface area contributed by atoms with E-state index in [1.54, 1.807) is 56.3 Å². The Bertz CT molecular complexity index is 2010. The van der Waals surface area contributed by atoms with Gasteiger partial charge in [0.05, 0.1) is 61.9 Å². The Morgan fingerprint density at radius 2 is 1.57 bits per heavy atom. The number of rotatable bonds is 11. The predicted octanol–water partition coefficient (Wildman–Crippen LogP) is 5.72. The summed E-state index contributed by atoms with van der Waals surface area (Å²) >= 11 is 13.8. The molecule has 0 saturated carbocycles. The largest absolute Gasteiger partial charge is 0.493 e. The van der Waals surface area contributed by atoms with Gasteiger partial charge in [0.25, 0.3) is 5.56 Å². The summed E-state index contributed by atoms with van der Waals surface area (Å²) in [4.78, 5) is 32.6. The van der Waals surface area contributed by atoms with E-state index in [-0.39, 0.29) is 24.3 Å². The number of allylic oxidation sites excluding steroid dienone is 1. The molecule has 1 aromatic heterocycles. The summed E-state index contributed by atoms with van der Waals surface area (Å²) in [5.41, 5.74) is 2.30. The van der Waals surface area contributed by atoms with Crippen LogP contribution >= 0.6 is 34.5 Å². The highest BCUT2D eigenvalue weighted by molar-refractivity contribution is 7.07. The van der Waals surface area contributed by atoms with Crippen LogP contribution < -0.4 is 38.6 Å². The van der Waals surface area contributed by atoms with Gasteiger partial charge in [-0.1, -0.05) is 46.7 Å². The van der Waals surface area contributed by atoms with Crippen molar-refractivity contribution in [2.24, 2.45) is 4.99 Å². The average Bonchev–Trinajstić information content (AvgIpc) is 3.36. The zero-order chi connectivity index (χ0) is 33.8. The number of carbonyl (C=O) groups is 1. The summed E-state index contributed by atoms with van der Waals surface area (Å²) in [7, 11) is 5.99. The normalized spacial score (nSPS) is 14.3. The molecule has 0 spiro atoms. The van der Waals surface area contributed by atoms with E-state index in [0.717, 1.165) is 5.56 Å². The number of benzene rings is 3. The van der Waals surface area contributed by atoms with Crippen LogP contribution in [0, 0.1) is 0 Å². The van der Waals surface area contributed by atoms with E-state index >= 15 is 0 Å². The topological polar surface area (TPSA) is 107 Å². The maximum Gasteiger partial charge on any atom is 0.338 e. The Morgan fingerprint density at radius 3 is 2.17 bits per heavy atom. The van der Waals surface area contributed by atoms with Crippen LogP contribution in [0.1, 0.15) is 36.6 Å². The van der Waals surface area contributed by atoms with Gasteiger partial charge in [0.1, 0.15) is 6.61 Å². The fourth-order valence-corrected chi connectivity index (χ4v) is 6.66. The molecule has 47 heavy (non-hydrogen) atoms. The van der Waals surface area contributed by atoms with E-state index in [0.29, 0.717) is 65.0 Å². The van der Waals surface area contributed by atoms with Gasteiger partial charge < -0.3 is 28.4 Å². The molecule has 0 bridgehead atoms. The lowest BCUT2D eigenvalue weighted by Crippen LogP contribution is -2.40. The molecule has 3 aromatic carbocycles. The van der Waals surface area contributed by atoms with Crippen LogP contribution in [0.2, 0.25) is 10.0 Å². The molecule has 0 N–H and O–H groups in total. The van der Waals surface area contributed by atoms with E-state index < -0.39 is 12.0 Å². The van der Waals surface area contributed by atoms with Gasteiger partial charge in [-0.05, 0) is 73.0 Å². The minimum Gasteiger partial charge on any atom is -0.493 e. The third-order valence-electron chi connectivity index (χ3n) is 7.37. The molecule has 0 radical (unpaired) electrons. The van der Waals surface area contributed by atoms with Crippen molar-refractivity contribution in [3.63, 3.8) is 0 Å². The second kappa shape index (κ2) is 14.5. The van der Waals surface area contributed by atoms with Gasteiger partial charge >= 0.3 is 5.97 Å². The van der Waals surface area contributed by atoms with Gasteiger partial charge in [0.2, 0.25) is 5.75 Å². The summed E-state index contributed by atoms with van der Waals surface area (Å²) in [5.74, 6) is 1.26. The molecule has 246 valence electrons. The number of esters is 1. The standard InChI is InChI=1S/C34H32Cl2N2O8S/c1-7-45-33(40)28-18(2)37-34-38(29(28)21-15-25(42-4)31(44-6)26(16-21)43-5)32(39)27(47-34)14-20-12-23(36)30(24(13-20)41-3)46-17-19-8-10-22(35)11-9-19/h8-16,29H,7,17H2,1-6H3/b27-14-/t29-/m1/s1. The fourth-order valence-electron chi connectivity index (χ4n) is 5.22. The van der Waals surface area contributed by atoms with Gasteiger partial charge in [0, 0.05) is 5.02 Å². The Kier molecular flexibility index (Phi) is 10.5. The zero-order valence-corrected chi connectivity index (χ0v) is 28.8. The molecule has 10 nitrogen and oxygen atoms in total. The van der Waals surface area contributed by atoms with E-state index in [2.05, 4.69) is 4.99 Å². The monoisotopic (exact) mass is 698 g/mol. The number of carbonyl (C=O) groups excluding carboxylic acids is 1. The van der Waals surface area contributed by atoms with Crippen molar-refractivity contribution in [3.8, 4) is 28.7 Å². The first kappa shape index (κ1) is 33.9. The number of hydrogen-bond acceptors (Lipinski definition) is 10. The van der Waals surface area contributed by atoms with Crippen LogP contribution in [0.5, 0.6) is 28.7 Å². The molecule has 0 amide bonds. The first-order chi connectivity index (χ1) is 22.6. The molecule has 4 aromatic rings. The summed E-state index contributed by atoms with van der Waals surface area (Å²) in [6.45, 7) is 3.81. The molecule has 1 aliphatic heterocycles. The highest BCUT2D eigenvalue weighted by atomic mass is 35.5. The number of fused-ring (bicyclic) bond motifs is 1. The Hall–Kier alpha value is -4.45. The van der Waals surface area contributed by atoms with Crippen LogP contribution in [-0.4, -0.2) is 45.6 Å². The first-order valence-electron chi connectivity index (χ1n) is 14.4. The van der Waals surface area contributed by atoms with Crippen LogP contribution in [0.4, 0.5) is 0 Å². The molecular formula is C34H32Cl2N2O8S. The second-order valence-corrected chi connectivity index (χ2v) is 12.1. The lowest BCUT2D eigenvalue weighted by molar-refractivity contribution is -0.139. The number of aromatic nitrogens is 1. The molecule has 1 atom stereocenters. The zero-order valence-electron chi connectivity index (χ0n) is 26.5. The van der Waals surface area contributed by atoms with Crippen molar-refractivity contribution in [2.45, 2.75) is 26.5 Å². The fraction of sp³-hybridized carbons (Fsp3) is 0.265. The highest BCUT2D eigenvalue weighted by Crippen LogP contribution is 2.42. The molecule has 5 rings (SSSR count). The van der Waals surface area contributed by atoms with Crippen molar-refractivity contribution >= 4 is 46.6 Å². The van der Waals surface area contributed by atoms with Gasteiger partial charge in [-0.25, -0.2) is 9.79 Å². The van der Waals surface area contributed by atoms with Crippen LogP contribution in [0.3, 0.4) is 0 Å². The maximum atomic E-state index is 14.2. The molecule has 2 heterocycles. The minimum absolute atomic E-state index is 0.143. The quantitative estimate of drug-likeness (QED) is 0.183. The smallest absolute Gasteiger partial charge is 0.338 e. The Balaban J connectivity index is 1.63. The molecule has 0 unspecified atom stereocenters. The number of ether oxygens (including phenoxy) is 6. The van der Waals surface area contributed by atoms with E-state index in [4.69, 9.17) is 51.6 Å². The minimum atomic E-state index is -0.900. The van der Waals surface area contributed by atoms with Gasteiger partial charge in [-0.15, -0.1) is 0 Å². The Morgan fingerprint density at radius 1 is 0.936 bits per heavy atom. The highest BCUT2D eigenvalue weighted by Gasteiger charge is 2.34. The summed E-state index contributed by atoms with van der Waals surface area (Å²) < 4.78 is 35.5. The van der Waals surface area contributed by atoms with Crippen LogP contribution in [-0.2, 0) is 16.1 Å². The summed E-state index contributed by atoms with van der Waals surface area (Å²) in [6, 6.07) is 13.2. The first-order valence-corrected chi connectivity index (χ1v) is 16.0. The third kappa shape index (κ3) is 6.83. The molecule has 0 aliphatic carbocycles. The van der Waals surface area contributed by atoms with Gasteiger partial charge in [0.15, 0.2) is 27.8 Å². The molecule has 0 saturated heterocycles. The molecular weight excluding hydrogens is 667 g/mol. The maximum absolute atomic E-state index is 14.2. The number of methoxy groups -OCH3 is 4. The van der Waals surface area contributed by atoms with E-state index in [1.807, 2.05) is 12.1 Å². The van der Waals surface area contributed by atoms with Crippen molar-refractivity contribution < 1.29 is 33.2 Å². The number of halogens is 2. The van der Waals surface area contributed by atoms with Gasteiger partial charge in [-0.2, -0.15) is 0 Å².